The molecule has 84 valence electrons. The van der Waals surface area contributed by atoms with Gasteiger partial charge >= 0.3 is 0 Å². The van der Waals surface area contributed by atoms with Crippen molar-refractivity contribution in [3.63, 3.8) is 0 Å². The molecule has 1 aromatic carbocycles. The third-order valence-electron chi connectivity index (χ3n) is 2.04. The molecule has 16 heavy (non-hydrogen) atoms. The fourth-order valence-corrected chi connectivity index (χ4v) is 1.13. The van der Waals surface area contributed by atoms with Gasteiger partial charge < -0.3 is 9.84 Å². The molecule has 0 heterocycles. The molecular weight excluding hydrogens is 200 g/mol. The van der Waals surface area contributed by atoms with Crippen molar-refractivity contribution in [1.82, 2.24) is 0 Å². The molecule has 0 aliphatic heterocycles. The molecule has 2 heteroatoms. The second kappa shape index (κ2) is 6.51. The first-order valence-corrected chi connectivity index (χ1v) is 5.12. The minimum absolute atomic E-state index is 0.169. The Balaban J connectivity index is 2.59. The van der Waals surface area contributed by atoms with E-state index in [1.54, 1.807) is 19.1 Å². The lowest BCUT2D eigenvalue weighted by Crippen LogP contribution is -1.92. The largest absolute Gasteiger partial charge is 0.508 e. The molecule has 0 unspecified atom stereocenters. The highest BCUT2D eigenvalue weighted by atomic mass is 16.5. The zero-order valence-electron chi connectivity index (χ0n) is 9.39. The number of aliphatic hydroxyl groups is 1. The first kappa shape index (κ1) is 12.1. The van der Waals surface area contributed by atoms with Crippen molar-refractivity contribution >= 4 is 0 Å². The van der Waals surface area contributed by atoms with Crippen LogP contribution in [0.4, 0.5) is 0 Å². The minimum Gasteiger partial charge on any atom is -0.508 e. The first-order chi connectivity index (χ1) is 7.76. The highest BCUT2D eigenvalue weighted by Gasteiger charge is 1.96. The number of allylic oxidation sites excluding steroid dienone is 3. The maximum Gasteiger partial charge on any atom is 0.122 e. The number of aliphatic hydroxyl groups excluding tert-OH is 1. The first-order valence-electron chi connectivity index (χ1n) is 5.12. The van der Waals surface area contributed by atoms with Gasteiger partial charge in [-0.05, 0) is 24.6 Å². The lowest BCUT2D eigenvalue weighted by Gasteiger charge is -2.06. The molecule has 0 atom stereocenters. The summed E-state index contributed by atoms with van der Waals surface area (Å²) < 4.78 is 5.49. The quantitative estimate of drug-likeness (QED) is 0.600. The Kier molecular flexibility index (Phi) is 4.93. The molecule has 0 amide bonds. The molecule has 2 nitrogen and oxygen atoms in total. The van der Waals surface area contributed by atoms with Crippen LogP contribution in [0.5, 0.6) is 0 Å². The zero-order valence-corrected chi connectivity index (χ0v) is 9.39. The average Bonchev–Trinajstić information content (AvgIpc) is 2.35. The van der Waals surface area contributed by atoms with E-state index >= 15 is 0 Å². The van der Waals surface area contributed by atoms with Crippen LogP contribution in [-0.2, 0) is 11.3 Å². The Labute approximate surface area is 96.2 Å². The number of benzene rings is 1. The van der Waals surface area contributed by atoms with Crippen LogP contribution < -0.4 is 0 Å². The third-order valence-corrected chi connectivity index (χ3v) is 2.04. The Morgan fingerprint density at radius 2 is 2.06 bits per heavy atom. The molecule has 1 rings (SSSR count). The molecule has 0 radical (unpaired) electrons. The van der Waals surface area contributed by atoms with Crippen LogP contribution in [0, 0.1) is 0 Å². The predicted octanol–water partition coefficient (Wildman–Crippen LogP) is 3.73. The molecule has 0 aliphatic carbocycles. The van der Waals surface area contributed by atoms with Crippen molar-refractivity contribution in [2.75, 3.05) is 0 Å². The van der Waals surface area contributed by atoms with Crippen LogP contribution in [0.3, 0.4) is 0 Å². The molecule has 0 aromatic heterocycles. The van der Waals surface area contributed by atoms with Crippen molar-refractivity contribution in [2.24, 2.45) is 0 Å². The van der Waals surface area contributed by atoms with Gasteiger partial charge in [0.1, 0.15) is 18.1 Å². The molecule has 0 saturated carbocycles. The van der Waals surface area contributed by atoms with E-state index in [0.29, 0.717) is 12.4 Å². The summed E-state index contributed by atoms with van der Waals surface area (Å²) in [6.45, 7) is 5.85. The molecule has 1 aromatic rings. The van der Waals surface area contributed by atoms with Crippen LogP contribution in [0.25, 0.3) is 0 Å². The molecule has 0 bridgehead atoms. The van der Waals surface area contributed by atoms with Crippen molar-refractivity contribution in [3.8, 4) is 0 Å². The summed E-state index contributed by atoms with van der Waals surface area (Å²) in [5, 5.41) is 9.31. The second-order valence-electron chi connectivity index (χ2n) is 3.24. The summed E-state index contributed by atoms with van der Waals surface area (Å²) in [5.41, 5.74) is 1.08. The minimum atomic E-state index is 0.169. The normalized spacial score (nSPS) is 12.3. The van der Waals surface area contributed by atoms with Gasteiger partial charge in [-0.15, -0.1) is 0 Å². The van der Waals surface area contributed by atoms with E-state index in [1.165, 1.54) is 6.08 Å². The molecule has 0 spiro atoms. The van der Waals surface area contributed by atoms with Gasteiger partial charge in [0.25, 0.3) is 0 Å². The van der Waals surface area contributed by atoms with Crippen LogP contribution >= 0.6 is 0 Å². The summed E-state index contributed by atoms with van der Waals surface area (Å²) in [5.74, 6) is 0.724. The number of rotatable bonds is 5. The van der Waals surface area contributed by atoms with Gasteiger partial charge in [0.2, 0.25) is 0 Å². The van der Waals surface area contributed by atoms with E-state index in [-0.39, 0.29) is 5.76 Å². The summed E-state index contributed by atoms with van der Waals surface area (Å²) in [6, 6.07) is 9.84. The lowest BCUT2D eigenvalue weighted by atomic mass is 10.2. The summed E-state index contributed by atoms with van der Waals surface area (Å²) in [6.07, 6.45) is 4.70. The van der Waals surface area contributed by atoms with Gasteiger partial charge in [-0.25, -0.2) is 0 Å². The van der Waals surface area contributed by atoms with Crippen LogP contribution in [0.2, 0.25) is 0 Å². The van der Waals surface area contributed by atoms with Gasteiger partial charge in [0.05, 0.1) is 0 Å². The molecular formula is C14H16O2. The topological polar surface area (TPSA) is 29.5 Å². The Hall–Kier alpha value is -1.96. The van der Waals surface area contributed by atoms with Crippen molar-refractivity contribution in [2.45, 2.75) is 13.5 Å². The van der Waals surface area contributed by atoms with E-state index < -0.39 is 0 Å². The Bertz CT molecular complexity index is 388. The van der Waals surface area contributed by atoms with Crippen LogP contribution in [0.15, 0.2) is 66.7 Å². The van der Waals surface area contributed by atoms with E-state index in [2.05, 4.69) is 6.58 Å². The Morgan fingerprint density at radius 3 is 2.62 bits per heavy atom. The number of hydrogen-bond donors (Lipinski definition) is 1. The molecule has 0 fully saturated rings. The van der Waals surface area contributed by atoms with Crippen molar-refractivity contribution in [3.05, 3.63) is 72.2 Å². The fourth-order valence-electron chi connectivity index (χ4n) is 1.13. The monoisotopic (exact) mass is 216 g/mol. The second-order valence-corrected chi connectivity index (χ2v) is 3.24. The average molecular weight is 216 g/mol. The van der Waals surface area contributed by atoms with Crippen molar-refractivity contribution in [1.29, 1.82) is 0 Å². The maximum absolute atomic E-state index is 9.31. The van der Waals surface area contributed by atoms with Gasteiger partial charge in [-0.1, -0.05) is 36.9 Å². The summed E-state index contributed by atoms with van der Waals surface area (Å²) in [4.78, 5) is 0. The molecule has 1 N–H and O–H groups in total. The molecule has 0 saturated heterocycles. The highest BCUT2D eigenvalue weighted by molar-refractivity contribution is 5.21. The van der Waals surface area contributed by atoms with Gasteiger partial charge in [0, 0.05) is 6.08 Å². The van der Waals surface area contributed by atoms with Crippen molar-refractivity contribution < 1.29 is 9.84 Å². The van der Waals surface area contributed by atoms with E-state index in [0.717, 1.165) is 5.56 Å². The maximum atomic E-state index is 9.31. The third kappa shape index (κ3) is 4.05. The zero-order chi connectivity index (χ0) is 11.8. The van der Waals surface area contributed by atoms with Crippen LogP contribution in [-0.4, -0.2) is 5.11 Å². The number of ether oxygens (including phenoxy) is 1. The highest BCUT2D eigenvalue weighted by Crippen LogP contribution is 2.08. The fraction of sp³-hybridized carbons (Fsp3) is 0.143. The smallest absolute Gasteiger partial charge is 0.122 e. The van der Waals surface area contributed by atoms with Gasteiger partial charge in [-0.2, -0.15) is 0 Å². The Morgan fingerprint density at radius 1 is 1.38 bits per heavy atom. The predicted molar refractivity (Wildman–Crippen MR) is 65.9 cm³/mol. The lowest BCUT2D eigenvalue weighted by molar-refractivity contribution is 0.209. The van der Waals surface area contributed by atoms with Crippen LogP contribution in [0.1, 0.15) is 12.5 Å². The van der Waals surface area contributed by atoms with Gasteiger partial charge in [-0.3, -0.25) is 0 Å². The summed E-state index contributed by atoms with van der Waals surface area (Å²) >= 11 is 0. The van der Waals surface area contributed by atoms with E-state index in [9.17, 15) is 5.11 Å². The molecule has 0 aliphatic rings. The van der Waals surface area contributed by atoms with Gasteiger partial charge in [0.15, 0.2) is 0 Å². The van der Waals surface area contributed by atoms with E-state index in [1.807, 2.05) is 30.3 Å². The standard InChI is InChI=1S/C14H16O2/c1-3-13(15)10-14(4-2)16-11-12-8-6-5-7-9-12/h3-10,15H,2,11H2,1H3/b13-3+,14-10+. The SMILES string of the molecule is C=C/C(=C\C(O)=C/C)OCc1ccccc1. The van der Waals surface area contributed by atoms with E-state index in [4.69, 9.17) is 4.74 Å². The summed E-state index contributed by atoms with van der Waals surface area (Å²) in [7, 11) is 0. The number of hydrogen-bond acceptors (Lipinski definition) is 2.